The van der Waals surface area contributed by atoms with Crippen molar-refractivity contribution in [1.29, 1.82) is 0 Å². The Morgan fingerprint density at radius 2 is 1.12 bits per heavy atom. The Balaban J connectivity index is 5.19. The summed E-state index contributed by atoms with van der Waals surface area (Å²) < 4.78 is 0. The molecule has 0 aromatic carbocycles. The predicted molar refractivity (Wildman–Crippen MR) is 75.6 cm³/mol. The summed E-state index contributed by atoms with van der Waals surface area (Å²) in [7, 11) is 0. The van der Waals surface area contributed by atoms with E-state index in [1.165, 1.54) is 6.42 Å². The van der Waals surface area contributed by atoms with Gasteiger partial charge in [0.15, 0.2) is 0 Å². The van der Waals surface area contributed by atoms with Crippen molar-refractivity contribution in [2.24, 2.45) is 28.1 Å². The molecule has 0 rings (SSSR count). The van der Waals surface area contributed by atoms with Crippen LogP contribution >= 0.6 is 0 Å². The third-order valence-corrected chi connectivity index (χ3v) is 4.56. The van der Waals surface area contributed by atoms with Crippen LogP contribution in [0.1, 0.15) is 75.7 Å². The van der Waals surface area contributed by atoms with E-state index in [0.717, 1.165) is 11.8 Å². The van der Waals surface area contributed by atoms with Crippen LogP contribution in [0.3, 0.4) is 0 Å². The summed E-state index contributed by atoms with van der Waals surface area (Å²) in [6, 6.07) is 0. The smallest absolute Gasteiger partial charge is 0.0272 e. The molecule has 98 valence electrons. The van der Waals surface area contributed by atoms with Gasteiger partial charge in [0.2, 0.25) is 0 Å². The van der Waals surface area contributed by atoms with Crippen molar-refractivity contribution < 1.29 is 0 Å². The molecule has 0 aliphatic carbocycles. The molecular formula is C16H34. The fourth-order valence-corrected chi connectivity index (χ4v) is 2.72. The third-order valence-electron chi connectivity index (χ3n) is 4.56. The first-order chi connectivity index (χ1) is 6.80. The molecule has 0 aromatic heterocycles. The standard InChI is InChI=1S/C16H34/c1-12(2)11-13(14(3,4)5)16(9,10)15(6,7)8/h12-13H,11H2,1-10H3. The van der Waals surface area contributed by atoms with Crippen LogP contribution in [0.2, 0.25) is 0 Å². The first-order valence-corrected chi connectivity index (χ1v) is 6.80. The summed E-state index contributed by atoms with van der Waals surface area (Å²) in [6.45, 7) is 23.9. The lowest BCUT2D eigenvalue weighted by Crippen LogP contribution is -2.43. The Morgan fingerprint density at radius 3 is 1.31 bits per heavy atom. The van der Waals surface area contributed by atoms with E-state index in [1.54, 1.807) is 0 Å². The SMILES string of the molecule is CC(C)CC(C(C)(C)C)C(C)(C)C(C)(C)C. The molecule has 0 aliphatic rings. The van der Waals surface area contributed by atoms with Gasteiger partial charge >= 0.3 is 0 Å². The van der Waals surface area contributed by atoms with Gasteiger partial charge in [0.1, 0.15) is 0 Å². The van der Waals surface area contributed by atoms with Gasteiger partial charge in [-0.2, -0.15) is 0 Å². The highest BCUT2D eigenvalue weighted by Crippen LogP contribution is 2.52. The summed E-state index contributed by atoms with van der Waals surface area (Å²) in [4.78, 5) is 0. The van der Waals surface area contributed by atoms with E-state index >= 15 is 0 Å². The minimum absolute atomic E-state index is 0.361. The van der Waals surface area contributed by atoms with Crippen molar-refractivity contribution in [2.75, 3.05) is 0 Å². The normalized spacial score (nSPS) is 16.7. The monoisotopic (exact) mass is 226 g/mol. The second-order valence-electron chi connectivity index (χ2n) is 8.52. The van der Waals surface area contributed by atoms with Crippen LogP contribution < -0.4 is 0 Å². The van der Waals surface area contributed by atoms with Gasteiger partial charge in [-0.05, 0) is 34.5 Å². The fourth-order valence-electron chi connectivity index (χ4n) is 2.72. The Kier molecular flexibility index (Phi) is 4.70. The van der Waals surface area contributed by atoms with Gasteiger partial charge in [-0.25, -0.2) is 0 Å². The molecule has 0 heteroatoms. The largest absolute Gasteiger partial charge is 0.0628 e. The maximum atomic E-state index is 2.45. The van der Waals surface area contributed by atoms with Crippen molar-refractivity contribution >= 4 is 0 Å². The Labute approximate surface area is 104 Å². The van der Waals surface area contributed by atoms with Crippen LogP contribution in [0.5, 0.6) is 0 Å². The van der Waals surface area contributed by atoms with E-state index in [9.17, 15) is 0 Å². The van der Waals surface area contributed by atoms with Crippen LogP contribution in [0.4, 0.5) is 0 Å². The average Bonchev–Trinajstić information content (AvgIpc) is 1.95. The van der Waals surface area contributed by atoms with Crippen LogP contribution in [0.25, 0.3) is 0 Å². The second-order valence-corrected chi connectivity index (χ2v) is 8.52. The van der Waals surface area contributed by atoms with Gasteiger partial charge in [-0.3, -0.25) is 0 Å². The quantitative estimate of drug-likeness (QED) is 0.573. The van der Waals surface area contributed by atoms with E-state index < -0.39 is 0 Å². The molecule has 16 heavy (non-hydrogen) atoms. The van der Waals surface area contributed by atoms with Crippen molar-refractivity contribution in [1.82, 2.24) is 0 Å². The molecular weight excluding hydrogens is 192 g/mol. The maximum Gasteiger partial charge on any atom is -0.0272 e. The highest BCUT2D eigenvalue weighted by atomic mass is 14.5. The highest BCUT2D eigenvalue weighted by Gasteiger charge is 2.44. The molecule has 0 nitrogen and oxygen atoms in total. The van der Waals surface area contributed by atoms with Gasteiger partial charge < -0.3 is 0 Å². The number of hydrogen-bond donors (Lipinski definition) is 0. The van der Waals surface area contributed by atoms with Crippen molar-refractivity contribution in [3.05, 3.63) is 0 Å². The van der Waals surface area contributed by atoms with Crippen LogP contribution in [-0.4, -0.2) is 0 Å². The molecule has 0 amide bonds. The van der Waals surface area contributed by atoms with Crippen LogP contribution in [0.15, 0.2) is 0 Å². The fraction of sp³-hybridized carbons (Fsp3) is 1.00. The van der Waals surface area contributed by atoms with Crippen molar-refractivity contribution in [3.8, 4) is 0 Å². The van der Waals surface area contributed by atoms with Crippen molar-refractivity contribution in [2.45, 2.75) is 75.7 Å². The summed E-state index contributed by atoms with van der Waals surface area (Å²) >= 11 is 0. The molecule has 0 saturated carbocycles. The van der Waals surface area contributed by atoms with E-state index in [1.807, 2.05) is 0 Å². The second kappa shape index (κ2) is 4.70. The lowest BCUT2D eigenvalue weighted by Gasteiger charge is -2.51. The molecule has 0 heterocycles. The van der Waals surface area contributed by atoms with Crippen LogP contribution in [-0.2, 0) is 0 Å². The lowest BCUT2D eigenvalue weighted by atomic mass is 9.54. The zero-order chi connectivity index (χ0) is 13.4. The summed E-state index contributed by atoms with van der Waals surface area (Å²) in [5.74, 6) is 1.55. The Bertz CT molecular complexity index is 207. The van der Waals surface area contributed by atoms with Crippen LogP contribution in [0, 0.1) is 28.1 Å². The summed E-state index contributed by atoms with van der Waals surface area (Å²) in [5, 5.41) is 0. The molecule has 0 aromatic rings. The van der Waals surface area contributed by atoms with E-state index in [-0.39, 0.29) is 0 Å². The predicted octanol–water partition coefficient (Wildman–Crippen LogP) is 5.77. The molecule has 0 fully saturated rings. The van der Waals surface area contributed by atoms with Gasteiger partial charge in [0, 0.05) is 0 Å². The molecule has 0 N–H and O–H groups in total. The maximum absolute atomic E-state index is 2.45. The number of rotatable bonds is 3. The Morgan fingerprint density at radius 1 is 0.750 bits per heavy atom. The Hall–Kier alpha value is 0. The highest BCUT2D eigenvalue weighted by molar-refractivity contribution is 4.93. The molecule has 0 aliphatic heterocycles. The molecule has 0 saturated heterocycles. The zero-order valence-electron chi connectivity index (χ0n) is 13.4. The molecule has 0 spiro atoms. The van der Waals surface area contributed by atoms with E-state index in [0.29, 0.717) is 16.2 Å². The molecule has 0 bridgehead atoms. The minimum atomic E-state index is 0.361. The number of hydrogen-bond acceptors (Lipinski definition) is 0. The molecule has 1 unspecified atom stereocenters. The summed E-state index contributed by atoms with van der Waals surface area (Å²) in [5.41, 5.74) is 1.12. The molecule has 0 radical (unpaired) electrons. The lowest BCUT2D eigenvalue weighted by molar-refractivity contribution is -0.0203. The topological polar surface area (TPSA) is 0 Å². The van der Waals surface area contributed by atoms with Gasteiger partial charge in [-0.15, -0.1) is 0 Å². The molecule has 1 atom stereocenters. The summed E-state index contributed by atoms with van der Waals surface area (Å²) in [6.07, 6.45) is 1.33. The van der Waals surface area contributed by atoms with Gasteiger partial charge in [-0.1, -0.05) is 69.2 Å². The van der Waals surface area contributed by atoms with E-state index in [2.05, 4.69) is 69.2 Å². The minimum Gasteiger partial charge on any atom is -0.0628 e. The van der Waals surface area contributed by atoms with Gasteiger partial charge in [0.25, 0.3) is 0 Å². The first kappa shape index (κ1) is 16.0. The third kappa shape index (κ3) is 3.79. The zero-order valence-corrected chi connectivity index (χ0v) is 13.4. The van der Waals surface area contributed by atoms with Crippen molar-refractivity contribution in [3.63, 3.8) is 0 Å². The first-order valence-electron chi connectivity index (χ1n) is 6.80. The van der Waals surface area contributed by atoms with Gasteiger partial charge in [0.05, 0.1) is 0 Å². The van der Waals surface area contributed by atoms with E-state index in [4.69, 9.17) is 0 Å². The average molecular weight is 226 g/mol.